The van der Waals surface area contributed by atoms with Gasteiger partial charge in [-0.25, -0.2) is 10.2 Å². The van der Waals surface area contributed by atoms with Gasteiger partial charge in [-0.15, -0.1) is 0 Å². The van der Waals surface area contributed by atoms with Crippen molar-refractivity contribution in [1.82, 2.24) is 19.1 Å². The van der Waals surface area contributed by atoms with Crippen molar-refractivity contribution in [3.8, 4) is 11.5 Å². The Morgan fingerprint density at radius 3 is 2.88 bits per heavy atom. The second-order valence-electron chi connectivity index (χ2n) is 5.44. The lowest BCUT2D eigenvalue weighted by Crippen LogP contribution is -2.29. The Morgan fingerprint density at radius 1 is 1.42 bits per heavy atom. The van der Waals surface area contributed by atoms with E-state index in [1.807, 2.05) is 6.92 Å². The first-order valence-electron chi connectivity index (χ1n) is 7.82. The number of rotatable bonds is 5. The quantitative estimate of drug-likeness (QED) is 0.453. The van der Waals surface area contributed by atoms with Gasteiger partial charge in [-0.1, -0.05) is 6.07 Å². The molecule has 2 aromatic heterocycles. The van der Waals surface area contributed by atoms with Crippen LogP contribution in [0.1, 0.15) is 12.5 Å². The Labute approximate surface area is 147 Å². The van der Waals surface area contributed by atoms with Gasteiger partial charge in [0.2, 0.25) is 5.95 Å². The molecule has 0 radical (unpaired) electrons. The van der Waals surface area contributed by atoms with Crippen molar-refractivity contribution in [2.45, 2.75) is 13.5 Å². The maximum absolute atomic E-state index is 12.1. The number of para-hydroxylation sites is 1. The van der Waals surface area contributed by atoms with Gasteiger partial charge in [0.15, 0.2) is 22.7 Å². The second kappa shape index (κ2) is 6.75. The van der Waals surface area contributed by atoms with E-state index in [1.165, 1.54) is 24.9 Å². The van der Waals surface area contributed by atoms with E-state index in [2.05, 4.69) is 20.5 Å². The number of nitrogens with zero attached hydrogens (tertiary/aromatic N) is 4. The van der Waals surface area contributed by atoms with Crippen LogP contribution >= 0.6 is 0 Å². The third-order valence-electron chi connectivity index (χ3n) is 3.94. The molecule has 0 saturated carbocycles. The number of methoxy groups -OCH3 is 1. The molecule has 0 aliphatic carbocycles. The summed E-state index contributed by atoms with van der Waals surface area (Å²) >= 11 is 0. The van der Waals surface area contributed by atoms with Crippen LogP contribution in [-0.4, -0.2) is 37.5 Å². The molecular weight excluding hydrogens is 340 g/mol. The van der Waals surface area contributed by atoms with Crippen LogP contribution in [0.2, 0.25) is 0 Å². The lowest BCUT2D eigenvalue weighted by Gasteiger charge is -2.06. The van der Waals surface area contributed by atoms with Crippen molar-refractivity contribution < 1.29 is 9.84 Å². The van der Waals surface area contributed by atoms with Crippen LogP contribution in [-0.2, 0) is 13.6 Å². The number of ether oxygens (including phenoxy) is 1. The van der Waals surface area contributed by atoms with E-state index in [9.17, 15) is 14.7 Å². The van der Waals surface area contributed by atoms with Gasteiger partial charge in [0.25, 0.3) is 5.56 Å². The summed E-state index contributed by atoms with van der Waals surface area (Å²) in [5.74, 6) is 0.590. The molecule has 0 bridgehead atoms. The zero-order valence-electron chi connectivity index (χ0n) is 14.5. The Hall–Kier alpha value is -3.56. The van der Waals surface area contributed by atoms with Crippen LogP contribution in [0.3, 0.4) is 0 Å². The fourth-order valence-corrected chi connectivity index (χ4v) is 2.60. The van der Waals surface area contributed by atoms with Gasteiger partial charge in [-0.3, -0.25) is 14.3 Å². The summed E-state index contributed by atoms with van der Waals surface area (Å²) in [7, 11) is 2.98. The highest BCUT2D eigenvalue weighted by molar-refractivity contribution is 5.85. The summed E-state index contributed by atoms with van der Waals surface area (Å²) in [6.45, 7) is 2.29. The molecule has 26 heavy (non-hydrogen) atoms. The minimum absolute atomic E-state index is 0.0385. The first-order chi connectivity index (χ1) is 12.5. The standard InChI is InChI=1S/C16H18N6O4/c1-4-22-11-13(21(2)16(25)19-14(11)24)18-15(22)20-17-8-9-6-5-7-10(26-3)12(9)23/h5-8,23H,4H2,1-3H3,(H,18,20)(H,19,24,25). The molecule has 2 heterocycles. The number of aromatic amines is 1. The number of imidazole rings is 1. The number of aromatic nitrogens is 4. The van der Waals surface area contributed by atoms with Crippen LogP contribution in [0.25, 0.3) is 11.2 Å². The van der Waals surface area contributed by atoms with Crippen molar-refractivity contribution in [2.24, 2.45) is 12.1 Å². The molecule has 0 atom stereocenters. The van der Waals surface area contributed by atoms with E-state index in [0.29, 0.717) is 23.8 Å². The molecule has 0 unspecified atom stereocenters. The monoisotopic (exact) mass is 358 g/mol. The summed E-state index contributed by atoms with van der Waals surface area (Å²) < 4.78 is 7.91. The highest BCUT2D eigenvalue weighted by Gasteiger charge is 2.15. The third-order valence-corrected chi connectivity index (χ3v) is 3.94. The van der Waals surface area contributed by atoms with E-state index in [0.717, 1.165) is 0 Å². The van der Waals surface area contributed by atoms with Crippen LogP contribution in [0.5, 0.6) is 11.5 Å². The number of phenols is 1. The number of hydrogen-bond donors (Lipinski definition) is 3. The number of benzene rings is 1. The van der Waals surface area contributed by atoms with Crippen LogP contribution in [0, 0.1) is 0 Å². The molecule has 0 saturated heterocycles. The van der Waals surface area contributed by atoms with Gasteiger partial charge >= 0.3 is 5.69 Å². The van der Waals surface area contributed by atoms with Crippen LogP contribution in [0.4, 0.5) is 5.95 Å². The molecule has 0 fully saturated rings. The summed E-state index contributed by atoms with van der Waals surface area (Å²) in [6, 6.07) is 5.01. The normalized spacial score (nSPS) is 11.3. The smallest absolute Gasteiger partial charge is 0.329 e. The van der Waals surface area contributed by atoms with Crippen molar-refractivity contribution in [3.05, 3.63) is 44.6 Å². The average Bonchev–Trinajstić information content (AvgIpc) is 3.00. The van der Waals surface area contributed by atoms with Gasteiger partial charge < -0.3 is 14.4 Å². The number of aromatic hydroxyl groups is 1. The maximum Gasteiger partial charge on any atom is 0.329 e. The minimum Gasteiger partial charge on any atom is -0.504 e. The van der Waals surface area contributed by atoms with E-state index >= 15 is 0 Å². The molecule has 0 aliphatic rings. The molecule has 0 aliphatic heterocycles. The lowest BCUT2D eigenvalue weighted by molar-refractivity contribution is 0.373. The number of hydrogen-bond acceptors (Lipinski definition) is 7. The molecule has 136 valence electrons. The first kappa shape index (κ1) is 17.3. The number of nitrogens with one attached hydrogen (secondary N) is 2. The number of H-pyrrole nitrogens is 1. The molecule has 10 nitrogen and oxygen atoms in total. The van der Waals surface area contributed by atoms with Crippen molar-refractivity contribution in [2.75, 3.05) is 12.5 Å². The fraction of sp³-hybridized carbons (Fsp3) is 0.250. The van der Waals surface area contributed by atoms with Gasteiger partial charge in [-0.2, -0.15) is 10.1 Å². The van der Waals surface area contributed by atoms with E-state index in [-0.39, 0.29) is 16.9 Å². The Balaban J connectivity index is 2.00. The van der Waals surface area contributed by atoms with Crippen molar-refractivity contribution >= 4 is 23.3 Å². The molecule has 10 heteroatoms. The summed E-state index contributed by atoms with van der Waals surface area (Å²) in [5, 5.41) is 14.1. The zero-order chi connectivity index (χ0) is 18.8. The van der Waals surface area contributed by atoms with Gasteiger partial charge in [-0.05, 0) is 19.1 Å². The number of fused-ring (bicyclic) bond motifs is 1. The SMILES string of the molecule is CCn1c(NN=Cc2cccc(OC)c2O)nc2c1c(=O)[nH]c(=O)n2C. The predicted molar refractivity (Wildman–Crippen MR) is 97.1 cm³/mol. The van der Waals surface area contributed by atoms with Crippen molar-refractivity contribution in [3.63, 3.8) is 0 Å². The molecule has 1 aromatic carbocycles. The van der Waals surface area contributed by atoms with Crippen molar-refractivity contribution in [1.29, 1.82) is 0 Å². The predicted octanol–water partition coefficient (Wildman–Crippen LogP) is 0.603. The van der Waals surface area contributed by atoms with Crippen LogP contribution < -0.4 is 21.4 Å². The topological polar surface area (TPSA) is 127 Å². The zero-order valence-corrected chi connectivity index (χ0v) is 14.5. The van der Waals surface area contributed by atoms with E-state index in [1.54, 1.807) is 22.8 Å². The Bertz CT molecular complexity index is 1110. The van der Waals surface area contributed by atoms with Gasteiger partial charge in [0.1, 0.15) is 0 Å². The third kappa shape index (κ3) is 2.81. The molecular formula is C16H18N6O4. The van der Waals surface area contributed by atoms with E-state index < -0.39 is 11.2 Å². The summed E-state index contributed by atoms with van der Waals surface area (Å²) in [4.78, 5) is 30.4. The highest BCUT2D eigenvalue weighted by Crippen LogP contribution is 2.28. The molecule has 0 spiro atoms. The number of anilines is 1. The van der Waals surface area contributed by atoms with E-state index in [4.69, 9.17) is 4.74 Å². The second-order valence-corrected chi connectivity index (χ2v) is 5.44. The molecule has 3 N–H and O–H groups in total. The minimum atomic E-state index is -0.542. The number of hydrazone groups is 1. The van der Waals surface area contributed by atoms with Gasteiger partial charge in [0.05, 0.1) is 13.3 Å². The van der Waals surface area contributed by atoms with Gasteiger partial charge in [0, 0.05) is 19.2 Å². The van der Waals surface area contributed by atoms with Crippen LogP contribution in [0.15, 0.2) is 32.9 Å². The maximum atomic E-state index is 12.1. The summed E-state index contributed by atoms with van der Waals surface area (Å²) in [6.07, 6.45) is 1.40. The highest BCUT2D eigenvalue weighted by atomic mass is 16.5. The molecule has 3 aromatic rings. The Kier molecular flexibility index (Phi) is 4.48. The Morgan fingerprint density at radius 2 is 2.19 bits per heavy atom. The number of aryl methyl sites for hydroxylation is 2. The molecule has 0 amide bonds. The summed E-state index contributed by atoms with van der Waals surface area (Å²) in [5.41, 5.74) is 2.66. The molecule has 3 rings (SSSR count). The average molecular weight is 358 g/mol. The lowest BCUT2D eigenvalue weighted by atomic mass is 10.2. The number of phenolic OH excluding ortho intramolecular Hbond substituents is 1. The largest absolute Gasteiger partial charge is 0.504 e. The fourth-order valence-electron chi connectivity index (χ4n) is 2.60. The first-order valence-corrected chi connectivity index (χ1v) is 7.82.